The van der Waals surface area contributed by atoms with Crippen LogP contribution in [0.3, 0.4) is 0 Å². The molecule has 23 aromatic carbocycles. The topological polar surface area (TPSA) is 6.48 Å². The van der Waals surface area contributed by atoms with Gasteiger partial charge in [-0.25, -0.2) is 0 Å². The van der Waals surface area contributed by atoms with Gasteiger partial charge in [-0.1, -0.05) is 461 Å². The third kappa shape index (κ3) is 13.2. The van der Waals surface area contributed by atoms with E-state index in [4.69, 9.17) is 0 Å². The lowest BCUT2D eigenvalue weighted by Crippen LogP contribution is -2.28. The highest BCUT2D eigenvalue weighted by atomic mass is 15.1. The van der Waals surface area contributed by atoms with E-state index in [1.54, 1.807) is 0 Å². The van der Waals surface area contributed by atoms with Gasteiger partial charge in [0.15, 0.2) is 0 Å². The maximum absolute atomic E-state index is 2.40. The average molecular weight is 1680 g/mol. The molecule has 0 N–H and O–H groups in total. The molecule has 2 heteroatoms. The number of hydrogen-bond acceptors (Lipinski definition) is 2. The van der Waals surface area contributed by atoms with E-state index in [1.165, 1.54) is 187 Å². The van der Waals surface area contributed by atoms with Gasteiger partial charge in [0.1, 0.15) is 0 Å². The zero-order chi connectivity index (χ0) is 87.5. The van der Waals surface area contributed by atoms with Crippen molar-refractivity contribution in [2.24, 2.45) is 0 Å². The molecule has 2 aliphatic rings. The molecule has 23 aromatic rings. The second-order valence-electron chi connectivity index (χ2n) is 34.7. The molecular weight excluding hydrogens is 1590 g/mol. The molecule has 0 amide bonds. The summed E-state index contributed by atoms with van der Waals surface area (Å²) in [4.78, 5) is 4.78. The van der Waals surface area contributed by atoms with E-state index in [1.807, 2.05) is 0 Å². The molecule has 25 rings (SSSR count). The quantitative estimate of drug-likeness (QED) is 0.0890. The molecular formula is C130H88N2. The predicted octanol–water partition coefficient (Wildman–Crippen LogP) is 34.8. The van der Waals surface area contributed by atoms with Crippen LogP contribution in [0, 0.1) is 0 Å². The van der Waals surface area contributed by atoms with Gasteiger partial charge in [0, 0.05) is 34.1 Å². The van der Waals surface area contributed by atoms with Crippen LogP contribution < -0.4 is 9.80 Å². The summed E-state index contributed by atoms with van der Waals surface area (Å²) in [5.41, 5.74) is 35.8. The van der Waals surface area contributed by atoms with E-state index >= 15 is 0 Å². The standard InChI is InChI=1S/C67H45N.C63H43N/c1-3-19-48(20-4-1)65-59-27-9-11-29-61(59)66(62-30-12-10-28-60(62)65)49-36-42-53(43-37-49)68(52-40-34-47(35-41-52)56-31-17-21-46-18-7-8-24-55(46)56)54-44-38-51(39-45-54)67(50-22-5-2-6-23-50)63-32-15-13-25-57(63)58-26-14-16-33-64(58)67;1-4-18-44(19-5-1)45-32-34-46(35-33-45)61-55-26-10-12-28-57(55)62(58-29-13-11-27-56(58)61)47-36-40-51(41-37-47)64(50-22-8-3-9-23-50)52-42-38-49(39-43-52)63(48-20-6-2-7-21-48)59-30-16-14-24-53(59)54-25-15-17-31-60(54)63/h1-45H;1-43H. The average Bonchev–Trinajstić information content (AvgIpc) is 1.54. The lowest BCUT2D eigenvalue weighted by molar-refractivity contribution is 0.768. The van der Waals surface area contributed by atoms with Crippen LogP contribution >= 0.6 is 0 Å². The fourth-order valence-electron chi connectivity index (χ4n) is 22.0. The molecule has 132 heavy (non-hydrogen) atoms. The molecule has 0 spiro atoms. The van der Waals surface area contributed by atoms with Gasteiger partial charge in [-0.3, -0.25) is 0 Å². The Morgan fingerprint density at radius 1 is 0.121 bits per heavy atom. The third-order valence-corrected chi connectivity index (χ3v) is 27.7. The number of para-hydroxylation sites is 1. The summed E-state index contributed by atoms with van der Waals surface area (Å²) in [6.07, 6.45) is 0. The molecule has 0 heterocycles. The monoisotopic (exact) mass is 1680 g/mol. The Morgan fingerprint density at radius 2 is 0.326 bits per heavy atom. The van der Waals surface area contributed by atoms with Gasteiger partial charge in [-0.15, -0.1) is 0 Å². The van der Waals surface area contributed by atoms with Crippen molar-refractivity contribution in [3.05, 3.63) is 578 Å². The van der Waals surface area contributed by atoms with Crippen LogP contribution in [0.25, 0.3) is 143 Å². The van der Waals surface area contributed by atoms with E-state index < -0.39 is 10.8 Å². The first-order chi connectivity index (χ1) is 65.5. The predicted molar refractivity (Wildman–Crippen MR) is 557 cm³/mol. The maximum Gasteiger partial charge on any atom is 0.0713 e. The van der Waals surface area contributed by atoms with Crippen molar-refractivity contribution in [1.29, 1.82) is 0 Å². The summed E-state index contributed by atoms with van der Waals surface area (Å²) in [7, 11) is 0. The molecule has 0 aliphatic heterocycles. The molecule has 0 bridgehead atoms. The van der Waals surface area contributed by atoms with E-state index in [-0.39, 0.29) is 0 Å². The van der Waals surface area contributed by atoms with Crippen LogP contribution in [-0.2, 0) is 10.8 Å². The van der Waals surface area contributed by atoms with Gasteiger partial charge >= 0.3 is 0 Å². The summed E-state index contributed by atoms with van der Waals surface area (Å²) in [5.74, 6) is 0. The van der Waals surface area contributed by atoms with Crippen molar-refractivity contribution in [1.82, 2.24) is 0 Å². The Hall–Kier alpha value is -17.0. The SMILES string of the molecule is c1ccc(-c2c3ccccc3c(-c3ccc(N(c4ccc(-c5cccc6ccccc56)cc4)c4ccc(C5(c6ccccc6)c6ccccc6-c6ccccc65)cc4)cc3)c3ccccc23)cc1.c1ccc(-c2ccc(-c3c4ccccc4c(-c4ccc(N(c5ccccc5)c5ccc(C6(c7ccccc7)c7ccccc7-c7ccccc76)cc5)cc4)c4ccccc34)cc2)cc1. The molecule has 0 saturated heterocycles. The first kappa shape index (κ1) is 78.4. The van der Waals surface area contributed by atoms with Crippen molar-refractivity contribution < 1.29 is 0 Å². The zero-order valence-electron chi connectivity index (χ0n) is 72.7. The summed E-state index contributed by atoms with van der Waals surface area (Å²) >= 11 is 0. The van der Waals surface area contributed by atoms with Crippen LogP contribution in [0.1, 0.15) is 44.5 Å². The Morgan fingerprint density at radius 3 is 0.667 bits per heavy atom. The van der Waals surface area contributed by atoms with E-state index in [0.717, 1.165) is 34.1 Å². The lowest BCUT2D eigenvalue weighted by Gasteiger charge is -2.34. The normalized spacial score (nSPS) is 12.5. The number of nitrogens with zero attached hydrogens (tertiary/aromatic N) is 2. The molecule has 0 aromatic heterocycles. The van der Waals surface area contributed by atoms with Crippen LogP contribution in [0.4, 0.5) is 34.1 Å². The maximum atomic E-state index is 2.40. The first-order valence-electron chi connectivity index (χ1n) is 45.8. The van der Waals surface area contributed by atoms with Gasteiger partial charge in [-0.2, -0.15) is 0 Å². The Kier molecular flexibility index (Phi) is 19.8. The first-order valence-corrected chi connectivity index (χ1v) is 45.8. The molecule has 0 radical (unpaired) electrons. The fraction of sp³-hybridized carbons (Fsp3) is 0.0154. The Bertz CT molecular complexity index is 8030. The molecule has 618 valence electrons. The molecule has 0 unspecified atom stereocenters. The van der Waals surface area contributed by atoms with Crippen molar-refractivity contribution in [2.75, 3.05) is 9.80 Å². The molecule has 0 saturated carbocycles. The molecule has 2 nitrogen and oxygen atoms in total. The van der Waals surface area contributed by atoms with E-state index in [2.05, 4.69) is 544 Å². The van der Waals surface area contributed by atoms with Gasteiger partial charge in [0.25, 0.3) is 0 Å². The minimum Gasteiger partial charge on any atom is -0.311 e. The van der Waals surface area contributed by atoms with Gasteiger partial charge in [0.05, 0.1) is 10.8 Å². The van der Waals surface area contributed by atoms with Gasteiger partial charge < -0.3 is 9.80 Å². The smallest absolute Gasteiger partial charge is 0.0713 e. The van der Waals surface area contributed by atoms with Crippen molar-refractivity contribution in [2.45, 2.75) is 10.8 Å². The number of fused-ring (bicyclic) bond motifs is 11. The van der Waals surface area contributed by atoms with Crippen molar-refractivity contribution in [3.8, 4) is 89.0 Å². The minimum atomic E-state index is -0.471. The summed E-state index contributed by atoms with van der Waals surface area (Å²) in [6, 6.07) is 196. The second kappa shape index (κ2) is 33.3. The summed E-state index contributed by atoms with van der Waals surface area (Å²) < 4.78 is 0. The zero-order valence-corrected chi connectivity index (χ0v) is 72.7. The minimum absolute atomic E-state index is 0.446. The highest BCUT2D eigenvalue weighted by molar-refractivity contribution is 6.23. The summed E-state index contributed by atoms with van der Waals surface area (Å²) in [6.45, 7) is 0. The van der Waals surface area contributed by atoms with Crippen molar-refractivity contribution >= 4 is 88.0 Å². The van der Waals surface area contributed by atoms with Crippen LogP contribution in [0.15, 0.2) is 534 Å². The Balaban J connectivity index is 0.000000146. The number of anilines is 6. The molecule has 2 aliphatic carbocycles. The van der Waals surface area contributed by atoms with Crippen LogP contribution in [0.5, 0.6) is 0 Å². The van der Waals surface area contributed by atoms with Crippen LogP contribution in [-0.4, -0.2) is 0 Å². The number of rotatable bonds is 16. The van der Waals surface area contributed by atoms with E-state index in [9.17, 15) is 0 Å². The summed E-state index contributed by atoms with van der Waals surface area (Å²) in [5, 5.41) is 12.5. The van der Waals surface area contributed by atoms with Crippen LogP contribution in [0.2, 0.25) is 0 Å². The highest BCUT2D eigenvalue weighted by Crippen LogP contribution is 2.59. The Labute approximate surface area is 770 Å². The number of hydrogen-bond donors (Lipinski definition) is 0. The van der Waals surface area contributed by atoms with Gasteiger partial charge in [-0.05, 0) is 260 Å². The highest BCUT2D eigenvalue weighted by Gasteiger charge is 2.48. The van der Waals surface area contributed by atoms with E-state index in [0.29, 0.717) is 0 Å². The van der Waals surface area contributed by atoms with Crippen molar-refractivity contribution in [3.63, 3.8) is 0 Å². The third-order valence-electron chi connectivity index (χ3n) is 27.7. The second-order valence-corrected chi connectivity index (χ2v) is 34.7. The fourth-order valence-corrected chi connectivity index (χ4v) is 22.0. The number of benzene rings is 23. The molecule has 0 fully saturated rings. The lowest BCUT2D eigenvalue weighted by atomic mass is 9.68. The van der Waals surface area contributed by atoms with Gasteiger partial charge in [0.2, 0.25) is 0 Å². The molecule has 0 atom stereocenters. The largest absolute Gasteiger partial charge is 0.311 e.